The zero-order chi connectivity index (χ0) is 14.9. The van der Waals surface area contributed by atoms with Gasteiger partial charge in [-0.15, -0.1) is 0 Å². The number of carboxylic acid groups (broad SMARTS) is 1. The van der Waals surface area contributed by atoms with Gasteiger partial charge >= 0.3 is 12.1 Å². The highest BCUT2D eigenvalue weighted by Crippen LogP contribution is 2.30. The number of carbonyl (C=O) groups is 2. The van der Waals surface area contributed by atoms with Crippen molar-refractivity contribution in [1.29, 1.82) is 0 Å². The fourth-order valence-electron chi connectivity index (χ4n) is 2.22. The summed E-state index contributed by atoms with van der Waals surface area (Å²) < 4.78 is 5.37. The Kier molecular flexibility index (Phi) is 3.70. The molecule has 0 saturated carbocycles. The summed E-state index contributed by atoms with van der Waals surface area (Å²) in [4.78, 5) is 24.5. The molecule has 1 aromatic rings. The summed E-state index contributed by atoms with van der Waals surface area (Å²) >= 11 is 0. The van der Waals surface area contributed by atoms with Crippen molar-refractivity contribution in [3.63, 3.8) is 0 Å². The number of hydrogen-bond acceptors (Lipinski definition) is 3. The molecule has 0 atom stereocenters. The van der Waals surface area contributed by atoms with Gasteiger partial charge in [-0.05, 0) is 44.4 Å². The van der Waals surface area contributed by atoms with E-state index in [1.165, 1.54) is 0 Å². The molecule has 0 fully saturated rings. The van der Waals surface area contributed by atoms with E-state index in [2.05, 4.69) is 0 Å². The number of nitrogens with zero attached hydrogens (tertiary/aromatic N) is 1. The highest BCUT2D eigenvalue weighted by atomic mass is 16.6. The number of ether oxygens (including phenoxy) is 1. The average Bonchev–Trinajstić information content (AvgIpc) is 2.68. The van der Waals surface area contributed by atoms with E-state index in [1.807, 2.05) is 26.8 Å². The maximum absolute atomic E-state index is 12.1. The van der Waals surface area contributed by atoms with E-state index in [0.717, 1.165) is 17.7 Å². The number of aliphatic carboxylic acids is 1. The summed E-state index contributed by atoms with van der Waals surface area (Å²) in [7, 11) is 0. The first-order valence-electron chi connectivity index (χ1n) is 6.60. The van der Waals surface area contributed by atoms with Crippen molar-refractivity contribution in [2.75, 3.05) is 11.4 Å². The van der Waals surface area contributed by atoms with Crippen LogP contribution >= 0.6 is 0 Å². The van der Waals surface area contributed by atoms with E-state index in [1.54, 1.807) is 17.0 Å². The molecule has 1 aromatic carbocycles. The summed E-state index contributed by atoms with van der Waals surface area (Å²) in [5.74, 6) is -0.883. The second-order valence-electron chi connectivity index (χ2n) is 5.92. The standard InChI is InChI=1S/C15H19NO4/c1-15(2,3)20-14(19)16-7-6-11-5-4-10(8-12(11)16)9-13(17)18/h4-5,8H,6-7,9H2,1-3H3,(H,17,18). The predicted octanol–water partition coefficient (Wildman–Crippen LogP) is 2.61. The van der Waals surface area contributed by atoms with Gasteiger partial charge in [0.1, 0.15) is 5.60 Å². The van der Waals surface area contributed by atoms with Gasteiger partial charge in [-0.25, -0.2) is 4.79 Å². The van der Waals surface area contributed by atoms with Gasteiger partial charge in [-0.2, -0.15) is 0 Å². The molecule has 1 heterocycles. The normalized spacial score (nSPS) is 14.1. The lowest BCUT2D eigenvalue weighted by Crippen LogP contribution is -2.35. The van der Waals surface area contributed by atoms with Crippen molar-refractivity contribution >= 4 is 17.7 Å². The van der Waals surface area contributed by atoms with Crippen molar-refractivity contribution in [2.24, 2.45) is 0 Å². The molecule has 1 aliphatic rings. The third-order valence-corrected chi connectivity index (χ3v) is 3.01. The quantitative estimate of drug-likeness (QED) is 0.902. The van der Waals surface area contributed by atoms with E-state index in [0.29, 0.717) is 12.1 Å². The average molecular weight is 277 g/mol. The molecule has 2 rings (SSSR count). The molecule has 5 heteroatoms. The Labute approximate surface area is 118 Å². The van der Waals surface area contributed by atoms with Gasteiger partial charge in [-0.1, -0.05) is 12.1 Å². The number of hydrogen-bond donors (Lipinski definition) is 1. The van der Waals surface area contributed by atoms with Gasteiger partial charge in [0.15, 0.2) is 0 Å². The highest BCUT2D eigenvalue weighted by Gasteiger charge is 2.29. The Hall–Kier alpha value is -2.04. The van der Waals surface area contributed by atoms with Crippen molar-refractivity contribution in [3.05, 3.63) is 29.3 Å². The second kappa shape index (κ2) is 5.15. The van der Waals surface area contributed by atoms with Crippen LogP contribution in [0.5, 0.6) is 0 Å². The summed E-state index contributed by atoms with van der Waals surface area (Å²) in [5, 5.41) is 8.84. The number of rotatable bonds is 2. The molecular weight excluding hydrogens is 258 g/mol. The van der Waals surface area contributed by atoms with E-state index in [-0.39, 0.29) is 12.5 Å². The molecule has 0 saturated heterocycles. The van der Waals surface area contributed by atoms with Crippen molar-refractivity contribution in [3.8, 4) is 0 Å². The molecule has 5 nitrogen and oxygen atoms in total. The third kappa shape index (κ3) is 3.29. The number of anilines is 1. The lowest BCUT2D eigenvalue weighted by atomic mass is 10.1. The van der Waals surface area contributed by atoms with Gasteiger partial charge in [0, 0.05) is 6.54 Å². The zero-order valence-corrected chi connectivity index (χ0v) is 12.0. The largest absolute Gasteiger partial charge is 0.481 e. The highest BCUT2D eigenvalue weighted by molar-refractivity contribution is 5.91. The molecule has 0 unspecified atom stereocenters. The van der Waals surface area contributed by atoms with Crippen LogP contribution in [0.3, 0.4) is 0 Å². The fraction of sp³-hybridized carbons (Fsp3) is 0.467. The summed E-state index contributed by atoms with van der Waals surface area (Å²) in [6, 6.07) is 5.45. The molecule has 20 heavy (non-hydrogen) atoms. The molecule has 108 valence electrons. The molecular formula is C15H19NO4. The van der Waals surface area contributed by atoms with Gasteiger partial charge in [-0.3, -0.25) is 9.69 Å². The lowest BCUT2D eigenvalue weighted by Gasteiger charge is -2.25. The van der Waals surface area contributed by atoms with Crippen molar-refractivity contribution < 1.29 is 19.4 Å². The molecule has 0 bridgehead atoms. The van der Waals surface area contributed by atoms with Crippen LogP contribution in [0.2, 0.25) is 0 Å². The minimum Gasteiger partial charge on any atom is -0.481 e. The van der Waals surface area contributed by atoms with Crippen molar-refractivity contribution in [1.82, 2.24) is 0 Å². The first-order chi connectivity index (χ1) is 9.26. The lowest BCUT2D eigenvalue weighted by molar-refractivity contribution is -0.136. The van der Waals surface area contributed by atoms with E-state index in [9.17, 15) is 9.59 Å². The van der Waals surface area contributed by atoms with Crippen LogP contribution in [0.25, 0.3) is 0 Å². The molecule has 0 radical (unpaired) electrons. The van der Waals surface area contributed by atoms with Gasteiger partial charge in [0.25, 0.3) is 0 Å². The summed E-state index contributed by atoms with van der Waals surface area (Å²) in [6.45, 7) is 6.04. The summed E-state index contributed by atoms with van der Waals surface area (Å²) in [6.07, 6.45) is 0.334. The van der Waals surface area contributed by atoms with Crippen molar-refractivity contribution in [2.45, 2.75) is 39.2 Å². The molecule has 1 amide bonds. The maximum atomic E-state index is 12.1. The number of carboxylic acids is 1. The minimum atomic E-state index is -0.883. The predicted molar refractivity (Wildman–Crippen MR) is 75.1 cm³/mol. The van der Waals surface area contributed by atoms with E-state index < -0.39 is 11.6 Å². The van der Waals surface area contributed by atoms with Crippen LogP contribution in [0, 0.1) is 0 Å². The topological polar surface area (TPSA) is 66.8 Å². The van der Waals surface area contributed by atoms with Crippen LogP contribution < -0.4 is 4.90 Å². The summed E-state index contributed by atoms with van der Waals surface area (Å²) in [5.41, 5.74) is 1.95. The Bertz CT molecular complexity index is 545. The molecule has 0 aromatic heterocycles. The minimum absolute atomic E-state index is 0.0462. The van der Waals surface area contributed by atoms with Gasteiger partial charge in [0.2, 0.25) is 0 Å². The van der Waals surface area contributed by atoms with Gasteiger partial charge < -0.3 is 9.84 Å². The van der Waals surface area contributed by atoms with Crippen LogP contribution in [0.1, 0.15) is 31.9 Å². The monoisotopic (exact) mass is 277 g/mol. The Morgan fingerprint density at radius 2 is 2.05 bits per heavy atom. The van der Waals surface area contributed by atoms with Crippen LogP contribution in [0.4, 0.5) is 10.5 Å². The molecule has 0 aliphatic carbocycles. The van der Waals surface area contributed by atoms with Crippen LogP contribution in [-0.2, 0) is 22.4 Å². The Balaban J connectivity index is 2.22. The molecule has 0 spiro atoms. The first-order valence-corrected chi connectivity index (χ1v) is 6.60. The van der Waals surface area contributed by atoms with E-state index in [4.69, 9.17) is 9.84 Å². The van der Waals surface area contributed by atoms with Crippen LogP contribution in [0.15, 0.2) is 18.2 Å². The zero-order valence-electron chi connectivity index (χ0n) is 12.0. The number of amides is 1. The maximum Gasteiger partial charge on any atom is 0.414 e. The number of carbonyl (C=O) groups excluding carboxylic acids is 1. The molecule has 1 N–H and O–H groups in total. The first kappa shape index (κ1) is 14.4. The fourth-order valence-corrected chi connectivity index (χ4v) is 2.22. The second-order valence-corrected chi connectivity index (χ2v) is 5.92. The number of fused-ring (bicyclic) bond motifs is 1. The van der Waals surface area contributed by atoms with Gasteiger partial charge in [0.05, 0.1) is 12.1 Å². The molecule has 1 aliphatic heterocycles. The SMILES string of the molecule is CC(C)(C)OC(=O)N1CCc2ccc(CC(=O)O)cc21. The smallest absolute Gasteiger partial charge is 0.414 e. The Morgan fingerprint density at radius 1 is 1.35 bits per heavy atom. The van der Waals surface area contributed by atoms with E-state index >= 15 is 0 Å². The Morgan fingerprint density at radius 3 is 2.65 bits per heavy atom. The number of benzene rings is 1. The third-order valence-electron chi connectivity index (χ3n) is 3.01. The van der Waals surface area contributed by atoms with Crippen LogP contribution in [-0.4, -0.2) is 29.3 Å².